The highest BCUT2D eigenvalue weighted by atomic mass is 15.2. The monoisotopic (exact) mass is 249 g/mol. The Morgan fingerprint density at radius 3 is 3.06 bits per heavy atom. The van der Waals surface area contributed by atoms with Crippen LogP contribution in [0, 0.1) is 6.92 Å². The van der Waals surface area contributed by atoms with Crippen molar-refractivity contribution in [2.45, 2.75) is 32.7 Å². The van der Waals surface area contributed by atoms with Gasteiger partial charge in [0.25, 0.3) is 0 Å². The number of hydrogen-bond acceptors (Lipinski definition) is 5. The van der Waals surface area contributed by atoms with Crippen LogP contribution in [0.25, 0.3) is 0 Å². The number of hydrogen-bond donors (Lipinski definition) is 2. The van der Waals surface area contributed by atoms with Crippen LogP contribution >= 0.6 is 0 Å². The molecule has 2 heterocycles. The number of likely N-dealkylation sites (N-methyl/N-ethyl adjacent to an activating group) is 1. The van der Waals surface area contributed by atoms with Crippen molar-refractivity contribution in [3.63, 3.8) is 0 Å². The van der Waals surface area contributed by atoms with E-state index in [2.05, 4.69) is 32.5 Å². The van der Waals surface area contributed by atoms with Gasteiger partial charge in [-0.1, -0.05) is 0 Å². The fourth-order valence-corrected chi connectivity index (χ4v) is 2.31. The van der Waals surface area contributed by atoms with Gasteiger partial charge in [-0.15, -0.1) is 0 Å². The minimum Gasteiger partial charge on any atom is -0.366 e. The Kier molecular flexibility index (Phi) is 4.36. The summed E-state index contributed by atoms with van der Waals surface area (Å²) in [5, 5.41) is 6.69. The summed E-state index contributed by atoms with van der Waals surface area (Å²) in [5.74, 6) is 1.66. The Morgan fingerprint density at radius 1 is 1.50 bits per heavy atom. The maximum atomic E-state index is 4.53. The topological polar surface area (TPSA) is 53.1 Å². The highest BCUT2D eigenvalue weighted by Gasteiger charge is 2.18. The second-order valence-corrected chi connectivity index (χ2v) is 5.00. The third-order valence-corrected chi connectivity index (χ3v) is 3.27. The maximum absolute atomic E-state index is 4.53. The average molecular weight is 249 g/mol. The van der Waals surface area contributed by atoms with E-state index in [9.17, 15) is 0 Å². The summed E-state index contributed by atoms with van der Waals surface area (Å²) >= 11 is 0. The van der Waals surface area contributed by atoms with Crippen molar-refractivity contribution >= 4 is 11.8 Å². The van der Waals surface area contributed by atoms with Gasteiger partial charge < -0.3 is 15.5 Å². The van der Waals surface area contributed by atoms with E-state index in [0.29, 0.717) is 12.0 Å². The van der Waals surface area contributed by atoms with Crippen molar-refractivity contribution in [3.8, 4) is 0 Å². The van der Waals surface area contributed by atoms with Crippen molar-refractivity contribution in [1.82, 2.24) is 14.9 Å². The fourth-order valence-electron chi connectivity index (χ4n) is 2.31. The predicted octanol–water partition coefficient (Wildman–Crippen LogP) is 1.72. The van der Waals surface area contributed by atoms with E-state index >= 15 is 0 Å². The molecule has 1 aromatic heterocycles. The standard InChI is InChI=1S/C13H23N5/c1-4-14-13-15-8-10(2)12(17-13)16-11-6-5-7-18(3)9-11/h8,11H,4-7,9H2,1-3H3,(H2,14,15,16,17). The molecule has 2 N–H and O–H groups in total. The maximum Gasteiger partial charge on any atom is 0.224 e. The molecule has 0 bridgehead atoms. The Hall–Kier alpha value is -1.36. The van der Waals surface area contributed by atoms with Crippen LogP contribution in [0.5, 0.6) is 0 Å². The number of rotatable bonds is 4. The molecular weight excluding hydrogens is 226 g/mol. The average Bonchev–Trinajstić information content (AvgIpc) is 2.34. The molecule has 0 radical (unpaired) electrons. The molecule has 5 heteroatoms. The fraction of sp³-hybridized carbons (Fsp3) is 0.692. The van der Waals surface area contributed by atoms with Crippen LogP contribution in [0.1, 0.15) is 25.3 Å². The molecule has 1 saturated heterocycles. The summed E-state index contributed by atoms with van der Waals surface area (Å²) in [7, 11) is 2.17. The first-order chi connectivity index (χ1) is 8.69. The zero-order valence-corrected chi connectivity index (χ0v) is 11.5. The molecular formula is C13H23N5. The highest BCUT2D eigenvalue weighted by molar-refractivity contribution is 5.47. The van der Waals surface area contributed by atoms with Gasteiger partial charge in [-0.2, -0.15) is 4.98 Å². The molecule has 18 heavy (non-hydrogen) atoms. The summed E-state index contributed by atoms with van der Waals surface area (Å²) in [6, 6.07) is 0.492. The van der Waals surface area contributed by atoms with Crippen molar-refractivity contribution in [3.05, 3.63) is 11.8 Å². The predicted molar refractivity (Wildman–Crippen MR) is 75.1 cm³/mol. The van der Waals surface area contributed by atoms with Crippen molar-refractivity contribution in [2.75, 3.05) is 37.3 Å². The number of aryl methyl sites for hydroxylation is 1. The van der Waals surface area contributed by atoms with E-state index in [1.165, 1.54) is 19.4 Å². The van der Waals surface area contributed by atoms with Crippen LogP contribution in [0.15, 0.2) is 6.20 Å². The molecule has 0 aromatic carbocycles. The molecule has 1 atom stereocenters. The molecule has 0 spiro atoms. The number of nitrogens with one attached hydrogen (secondary N) is 2. The SMILES string of the molecule is CCNc1ncc(C)c(NC2CCCN(C)C2)n1. The van der Waals surface area contributed by atoms with Crippen molar-refractivity contribution in [2.24, 2.45) is 0 Å². The molecule has 1 unspecified atom stereocenters. The third kappa shape index (κ3) is 3.32. The number of nitrogens with zero attached hydrogens (tertiary/aromatic N) is 3. The van der Waals surface area contributed by atoms with E-state index in [1.807, 2.05) is 20.0 Å². The Labute approximate surface area is 109 Å². The Bertz CT molecular complexity index is 393. The molecule has 2 rings (SSSR count). The van der Waals surface area contributed by atoms with Gasteiger partial charge in [-0.25, -0.2) is 4.98 Å². The molecule has 1 aliphatic heterocycles. The normalized spacial score (nSPS) is 20.7. The Balaban J connectivity index is 2.05. The number of aromatic nitrogens is 2. The van der Waals surface area contributed by atoms with Gasteiger partial charge >= 0.3 is 0 Å². The molecule has 100 valence electrons. The molecule has 1 aromatic rings. The summed E-state index contributed by atoms with van der Waals surface area (Å²) in [6.45, 7) is 7.22. The van der Waals surface area contributed by atoms with Crippen molar-refractivity contribution < 1.29 is 0 Å². The van der Waals surface area contributed by atoms with Crippen LogP contribution in [-0.4, -0.2) is 47.6 Å². The van der Waals surface area contributed by atoms with Gasteiger partial charge in [0, 0.05) is 30.9 Å². The van der Waals surface area contributed by atoms with E-state index in [4.69, 9.17) is 0 Å². The largest absolute Gasteiger partial charge is 0.366 e. The second-order valence-electron chi connectivity index (χ2n) is 5.00. The van der Waals surface area contributed by atoms with E-state index < -0.39 is 0 Å². The lowest BCUT2D eigenvalue weighted by Gasteiger charge is -2.30. The third-order valence-electron chi connectivity index (χ3n) is 3.27. The minimum atomic E-state index is 0.492. The van der Waals surface area contributed by atoms with Crippen LogP contribution in [0.3, 0.4) is 0 Å². The lowest BCUT2D eigenvalue weighted by atomic mass is 10.1. The smallest absolute Gasteiger partial charge is 0.224 e. The molecule has 0 saturated carbocycles. The quantitative estimate of drug-likeness (QED) is 0.851. The van der Waals surface area contributed by atoms with Gasteiger partial charge in [0.2, 0.25) is 5.95 Å². The van der Waals surface area contributed by atoms with Gasteiger partial charge in [0.05, 0.1) is 0 Å². The second kappa shape index (κ2) is 6.00. The number of piperidine rings is 1. The molecule has 5 nitrogen and oxygen atoms in total. The minimum absolute atomic E-state index is 0.492. The van der Waals surface area contributed by atoms with E-state index in [1.54, 1.807) is 0 Å². The van der Waals surface area contributed by atoms with Crippen molar-refractivity contribution in [1.29, 1.82) is 0 Å². The zero-order valence-electron chi connectivity index (χ0n) is 11.5. The first-order valence-corrected chi connectivity index (χ1v) is 6.71. The Morgan fingerprint density at radius 2 is 2.33 bits per heavy atom. The van der Waals surface area contributed by atoms with Crippen LogP contribution in [-0.2, 0) is 0 Å². The summed E-state index contributed by atoms with van der Waals surface area (Å²) in [4.78, 5) is 11.2. The van der Waals surface area contributed by atoms with Crippen LogP contribution < -0.4 is 10.6 Å². The van der Waals surface area contributed by atoms with E-state index in [0.717, 1.165) is 24.5 Å². The summed E-state index contributed by atoms with van der Waals surface area (Å²) < 4.78 is 0. The van der Waals surface area contributed by atoms with E-state index in [-0.39, 0.29) is 0 Å². The zero-order chi connectivity index (χ0) is 13.0. The lowest BCUT2D eigenvalue weighted by molar-refractivity contribution is 0.260. The molecule has 1 aliphatic rings. The first kappa shape index (κ1) is 13.1. The van der Waals surface area contributed by atoms with Crippen LogP contribution in [0.4, 0.5) is 11.8 Å². The molecule has 1 fully saturated rings. The highest BCUT2D eigenvalue weighted by Crippen LogP contribution is 2.17. The van der Waals surface area contributed by atoms with Crippen LogP contribution in [0.2, 0.25) is 0 Å². The number of anilines is 2. The molecule has 0 amide bonds. The van der Waals surface area contributed by atoms with Gasteiger partial charge in [-0.05, 0) is 40.3 Å². The van der Waals surface area contributed by atoms with Gasteiger partial charge in [-0.3, -0.25) is 0 Å². The first-order valence-electron chi connectivity index (χ1n) is 6.71. The summed E-state index contributed by atoms with van der Waals surface area (Å²) in [5.41, 5.74) is 1.10. The van der Waals surface area contributed by atoms with Gasteiger partial charge in [0.1, 0.15) is 5.82 Å². The van der Waals surface area contributed by atoms with Gasteiger partial charge in [0.15, 0.2) is 0 Å². The number of likely N-dealkylation sites (tertiary alicyclic amines) is 1. The lowest BCUT2D eigenvalue weighted by Crippen LogP contribution is -2.40. The molecule has 0 aliphatic carbocycles. The summed E-state index contributed by atoms with van der Waals surface area (Å²) in [6.07, 6.45) is 4.34.